The number of hydrogen-bond donors (Lipinski definition) is 3. The Labute approximate surface area is 127 Å². The van der Waals surface area contributed by atoms with Crippen LogP contribution in [0.15, 0.2) is 24.3 Å². The number of alkyl carbamates (subject to hydrolysis) is 1. The number of carboxylic acid groups (broad SMARTS) is 1. The van der Waals surface area contributed by atoms with Crippen LogP contribution in [0, 0.1) is 0 Å². The van der Waals surface area contributed by atoms with E-state index in [1.54, 1.807) is 20.8 Å². The Morgan fingerprint density at radius 2 is 2.05 bits per heavy atom. The number of amides is 1. The Balaban J connectivity index is 2.12. The maximum Gasteiger partial charge on any atom is 0.408 e. The van der Waals surface area contributed by atoms with Crippen LogP contribution >= 0.6 is 0 Å². The van der Waals surface area contributed by atoms with Crippen LogP contribution in [-0.2, 0) is 16.0 Å². The number of nitrogens with zero attached hydrogens (tertiary/aromatic N) is 1. The summed E-state index contributed by atoms with van der Waals surface area (Å²) in [5.74, 6) is -1.13. The highest BCUT2D eigenvalue weighted by atomic mass is 16.6. The van der Waals surface area contributed by atoms with Gasteiger partial charge in [-0.2, -0.15) is 5.10 Å². The summed E-state index contributed by atoms with van der Waals surface area (Å²) < 4.78 is 5.09. The van der Waals surface area contributed by atoms with Crippen LogP contribution in [0.3, 0.4) is 0 Å². The summed E-state index contributed by atoms with van der Waals surface area (Å²) in [5.41, 5.74) is 0.714. The van der Waals surface area contributed by atoms with E-state index in [9.17, 15) is 14.7 Å². The second-order valence-corrected chi connectivity index (χ2v) is 5.96. The molecule has 0 fully saturated rings. The molecule has 1 atom stereocenters. The van der Waals surface area contributed by atoms with Crippen molar-refractivity contribution in [2.45, 2.75) is 38.8 Å². The van der Waals surface area contributed by atoms with E-state index in [4.69, 9.17) is 4.74 Å². The standard InChI is InChI=1S/C15H19N3O4/c1-15(2,3)22-14(21)16-12(13(19)20)8-11-9-6-4-5-7-10(9)17-18-11/h4-7,12H,8H2,1-3H3,(H,16,21)(H,17,18)(H,19,20)/t12-/m0/s1. The molecular weight excluding hydrogens is 286 g/mol. The van der Waals surface area contributed by atoms with E-state index >= 15 is 0 Å². The summed E-state index contributed by atoms with van der Waals surface area (Å²) in [6.45, 7) is 5.14. The zero-order chi connectivity index (χ0) is 16.3. The molecule has 7 heteroatoms. The number of aliphatic carboxylic acids is 1. The lowest BCUT2D eigenvalue weighted by molar-refractivity contribution is -0.139. The highest BCUT2D eigenvalue weighted by molar-refractivity contribution is 5.84. The summed E-state index contributed by atoms with van der Waals surface area (Å²) >= 11 is 0. The van der Waals surface area contributed by atoms with E-state index in [0.29, 0.717) is 5.69 Å². The van der Waals surface area contributed by atoms with Gasteiger partial charge in [0.05, 0.1) is 5.52 Å². The van der Waals surface area contributed by atoms with Crippen molar-refractivity contribution in [3.8, 4) is 0 Å². The van der Waals surface area contributed by atoms with E-state index in [2.05, 4.69) is 15.5 Å². The largest absolute Gasteiger partial charge is 0.480 e. The van der Waals surface area contributed by atoms with E-state index < -0.39 is 23.7 Å². The first-order valence-corrected chi connectivity index (χ1v) is 6.90. The molecular formula is C15H19N3O4. The van der Waals surface area contributed by atoms with Gasteiger partial charge in [0.2, 0.25) is 0 Å². The van der Waals surface area contributed by atoms with Gasteiger partial charge in [-0.1, -0.05) is 18.2 Å². The molecule has 22 heavy (non-hydrogen) atoms. The summed E-state index contributed by atoms with van der Waals surface area (Å²) in [7, 11) is 0. The molecule has 0 radical (unpaired) electrons. The first-order valence-electron chi connectivity index (χ1n) is 6.90. The summed E-state index contributed by atoms with van der Waals surface area (Å²) in [6, 6.07) is 6.27. The SMILES string of the molecule is CC(C)(C)OC(=O)N[C@@H](Cc1[nH]nc2ccccc12)C(=O)O. The van der Waals surface area contributed by atoms with Crippen molar-refractivity contribution in [3.63, 3.8) is 0 Å². The zero-order valence-corrected chi connectivity index (χ0v) is 12.7. The number of para-hydroxylation sites is 1. The highest BCUT2D eigenvalue weighted by Gasteiger charge is 2.25. The predicted octanol–water partition coefficient (Wildman–Crippen LogP) is 2.08. The van der Waals surface area contributed by atoms with E-state index in [-0.39, 0.29) is 6.42 Å². The number of aromatic nitrogens is 2. The maximum absolute atomic E-state index is 11.7. The predicted molar refractivity (Wildman–Crippen MR) is 80.6 cm³/mol. The molecule has 0 saturated carbocycles. The van der Waals surface area contributed by atoms with Crippen molar-refractivity contribution >= 4 is 23.0 Å². The van der Waals surface area contributed by atoms with Gasteiger partial charge in [-0.15, -0.1) is 0 Å². The van der Waals surface area contributed by atoms with Crippen LogP contribution in [-0.4, -0.2) is 39.0 Å². The third-order valence-electron chi connectivity index (χ3n) is 2.94. The lowest BCUT2D eigenvalue weighted by Crippen LogP contribution is -2.44. The lowest BCUT2D eigenvalue weighted by Gasteiger charge is -2.21. The number of carbonyl (C=O) groups is 2. The van der Waals surface area contributed by atoms with Crippen molar-refractivity contribution in [3.05, 3.63) is 30.0 Å². The van der Waals surface area contributed by atoms with Gasteiger partial charge < -0.3 is 15.2 Å². The molecule has 0 aliphatic heterocycles. The number of ether oxygens (including phenoxy) is 1. The number of H-pyrrole nitrogens is 1. The van der Waals surface area contributed by atoms with Crippen molar-refractivity contribution in [1.82, 2.24) is 15.5 Å². The third kappa shape index (κ3) is 3.97. The maximum atomic E-state index is 11.7. The number of aromatic amines is 1. The van der Waals surface area contributed by atoms with E-state index in [0.717, 1.165) is 10.9 Å². The third-order valence-corrected chi connectivity index (χ3v) is 2.94. The van der Waals surface area contributed by atoms with Crippen LogP contribution in [0.4, 0.5) is 4.79 Å². The zero-order valence-electron chi connectivity index (χ0n) is 12.7. The van der Waals surface area contributed by atoms with Crippen molar-refractivity contribution in [1.29, 1.82) is 0 Å². The molecule has 0 aliphatic carbocycles. The lowest BCUT2D eigenvalue weighted by atomic mass is 10.1. The molecule has 7 nitrogen and oxygen atoms in total. The van der Waals surface area contributed by atoms with Crippen molar-refractivity contribution in [2.24, 2.45) is 0 Å². The summed E-state index contributed by atoms with van der Waals surface area (Å²) in [5, 5.41) is 19.4. The molecule has 0 spiro atoms. The molecule has 0 bridgehead atoms. The molecule has 1 amide bonds. The average molecular weight is 305 g/mol. The van der Waals surface area contributed by atoms with Gasteiger partial charge in [0, 0.05) is 17.5 Å². The average Bonchev–Trinajstić information content (AvgIpc) is 2.79. The van der Waals surface area contributed by atoms with E-state index in [1.807, 2.05) is 24.3 Å². The second-order valence-electron chi connectivity index (χ2n) is 5.96. The number of carbonyl (C=O) groups excluding carboxylic acids is 1. The Morgan fingerprint density at radius 1 is 1.36 bits per heavy atom. The van der Waals surface area contributed by atoms with Crippen LogP contribution in [0.25, 0.3) is 10.9 Å². The normalized spacial score (nSPS) is 12.9. The minimum absolute atomic E-state index is 0.0924. The minimum atomic E-state index is -1.13. The molecule has 1 aromatic carbocycles. The molecule has 2 rings (SSSR count). The summed E-state index contributed by atoms with van der Waals surface area (Å²) in [6.07, 6.45) is -0.668. The number of hydrogen-bond acceptors (Lipinski definition) is 4. The molecule has 1 aromatic heterocycles. The number of fused-ring (bicyclic) bond motifs is 1. The van der Waals surface area contributed by atoms with Crippen LogP contribution in [0.2, 0.25) is 0 Å². The molecule has 0 aliphatic rings. The summed E-state index contributed by atoms with van der Waals surface area (Å²) in [4.78, 5) is 23.1. The van der Waals surface area contributed by atoms with Crippen LogP contribution in [0.1, 0.15) is 26.5 Å². The van der Waals surface area contributed by atoms with Gasteiger partial charge in [-0.3, -0.25) is 5.10 Å². The molecule has 2 aromatic rings. The topological polar surface area (TPSA) is 104 Å². The Kier molecular flexibility index (Phi) is 4.35. The fourth-order valence-corrected chi connectivity index (χ4v) is 2.02. The number of carboxylic acids is 1. The van der Waals surface area contributed by atoms with Gasteiger partial charge in [0.15, 0.2) is 0 Å². The van der Waals surface area contributed by atoms with Crippen molar-refractivity contribution in [2.75, 3.05) is 0 Å². The molecule has 118 valence electrons. The van der Waals surface area contributed by atoms with Crippen LogP contribution in [0.5, 0.6) is 0 Å². The van der Waals surface area contributed by atoms with Gasteiger partial charge in [-0.05, 0) is 26.8 Å². The molecule has 3 N–H and O–H groups in total. The minimum Gasteiger partial charge on any atom is -0.480 e. The Hall–Kier alpha value is -2.57. The van der Waals surface area contributed by atoms with Gasteiger partial charge >= 0.3 is 12.1 Å². The van der Waals surface area contributed by atoms with E-state index in [1.165, 1.54) is 0 Å². The van der Waals surface area contributed by atoms with Crippen molar-refractivity contribution < 1.29 is 19.4 Å². The number of benzene rings is 1. The first-order chi connectivity index (χ1) is 10.3. The number of rotatable bonds is 4. The first kappa shape index (κ1) is 15.8. The fraction of sp³-hybridized carbons (Fsp3) is 0.400. The quantitative estimate of drug-likeness (QED) is 0.802. The Morgan fingerprint density at radius 3 is 2.68 bits per heavy atom. The van der Waals surface area contributed by atoms with Gasteiger partial charge in [0.25, 0.3) is 0 Å². The Bertz CT molecular complexity index is 687. The van der Waals surface area contributed by atoms with Crippen LogP contribution < -0.4 is 5.32 Å². The number of nitrogens with one attached hydrogen (secondary N) is 2. The molecule has 1 heterocycles. The smallest absolute Gasteiger partial charge is 0.408 e. The monoisotopic (exact) mass is 305 g/mol. The van der Waals surface area contributed by atoms with Gasteiger partial charge in [-0.25, -0.2) is 9.59 Å². The molecule has 0 saturated heterocycles. The second kappa shape index (κ2) is 6.05. The highest BCUT2D eigenvalue weighted by Crippen LogP contribution is 2.17. The van der Waals surface area contributed by atoms with Gasteiger partial charge in [0.1, 0.15) is 11.6 Å². The molecule has 0 unspecified atom stereocenters. The fourth-order valence-electron chi connectivity index (χ4n) is 2.02.